The summed E-state index contributed by atoms with van der Waals surface area (Å²) >= 11 is 0. The summed E-state index contributed by atoms with van der Waals surface area (Å²) in [5.74, 6) is 1.34. The number of aromatic nitrogens is 2. The molecule has 8 heteroatoms. The molecular weight excluding hydrogens is 452 g/mol. The lowest BCUT2D eigenvalue weighted by Gasteiger charge is -2.43. The van der Waals surface area contributed by atoms with E-state index in [0.717, 1.165) is 82.6 Å². The molecular formula is C28H36N6O2. The second-order valence-electron chi connectivity index (χ2n) is 11.0. The van der Waals surface area contributed by atoms with Gasteiger partial charge in [0.1, 0.15) is 18.2 Å². The van der Waals surface area contributed by atoms with E-state index in [2.05, 4.69) is 27.7 Å². The molecule has 36 heavy (non-hydrogen) atoms. The highest BCUT2D eigenvalue weighted by molar-refractivity contribution is 5.54. The lowest BCUT2D eigenvalue weighted by Crippen LogP contribution is -2.51. The molecule has 6 rings (SSSR count). The van der Waals surface area contributed by atoms with E-state index < -0.39 is 0 Å². The Hall–Kier alpha value is -2.89. The third kappa shape index (κ3) is 4.51. The van der Waals surface area contributed by atoms with Crippen molar-refractivity contribution in [2.24, 2.45) is 0 Å². The maximum Gasteiger partial charge on any atom is 0.318 e. The van der Waals surface area contributed by atoms with E-state index in [1.165, 1.54) is 23.1 Å². The number of aryl methyl sites for hydroxylation is 1. The Labute approximate surface area is 213 Å². The topological polar surface area (TPSA) is 106 Å². The highest BCUT2D eigenvalue weighted by Crippen LogP contribution is 2.48. The number of hydrogen-bond donors (Lipinski definition) is 3. The number of nitriles is 1. The molecule has 0 amide bonds. The highest BCUT2D eigenvalue weighted by Gasteiger charge is 2.42. The number of rotatable bonds is 5. The van der Waals surface area contributed by atoms with Crippen LogP contribution in [0.1, 0.15) is 60.9 Å². The van der Waals surface area contributed by atoms with Gasteiger partial charge in [-0.1, -0.05) is 6.07 Å². The summed E-state index contributed by atoms with van der Waals surface area (Å²) in [6, 6.07) is 9.20. The van der Waals surface area contributed by atoms with Gasteiger partial charge in [-0.15, -0.1) is 0 Å². The number of nitrogens with zero attached hydrogens (tertiary/aromatic N) is 4. The number of phenols is 1. The fourth-order valence-electron chi connectivity index (χ4n) is 6.81. The predicted molar refractivity (Wildman–Crippen MR) is 138 cm³/mol. The second kappa shape index (κ2) is 9.87. The Bertz CT molecular complexity index is 1160. The summed E-state index contributed by atoms with van der Waals surface area (Å²) in [5, 5.41) is 26.5. The first kappa shape index (κ1) is 23.5. The van der Waals surface area contributed by atoms with Crippen molar-refractivity contribution in [1.29, 1.82) is 5.26 Å². The molecule has 0 radical (unpaired) electrons. The van der Waals surface area contributed by atoms with Gasteiger partial charge in [0, 0.05) is 42.7 Å². The van der Waals surface area contributed by atoms with Gasteiger partial charge in [0.15, 0.2) is 0 Å². The van der Waals surface area contributed by atoms with Gasteiger partial charge < -0.3 is 25.4 Å². The van der Waals surface area contributed by atoms with Gasteiger partial charge in [-0.2, -0.15) is 15.2 Å². The molecule has 8 nitrogen and oxygen atoms in total. The molecule has 3 atom stereocenters. The molecule has 2 aromatic rings. The van der Waals surface area contributed by atoms with Crippen molar-refractivity contribution in [3.63, 3.8) is 0 Å². The molecule has 1 aromatic heterocycles. The van der Waals surface area contributed by atoms with Crippen molar-refractivity contribution in [3.8, 4) is 17.8 Å². The summed E-state index contributed by atoms with van der Waals surface area (Å²) in [4.78, 5) is 12.3. The molecule has 1 spiro atoms. The summed E-state index contributed by atoms with van der Waals surface area (Å²) in [5.41, 5.74) is 4.99. The van der Waals surface area contributed by atoms with Gasteiger partial charge in [-0.05, 0) is 81.2 Å². The zero-order chi connectivity index (χ0) is 24.5. The zero-order valence-corrected chi connectivity index (χ0v) is 20.9. The molecule has 3 heterocycles. The number of anilines is 1. The molecule has 3 N–H and O–H groups in total. The van der Waals surface area contributed by atoms with Crippen LogP contribution in [-0.2, 0) is 24.7 Å². The number of ether oxygens (including phenoxy) is 1. The second-order valence-corrected chi connectivity index (χ2v) is 11.0. The van der Waals surface area contributed by atoms with Gasteiger partial charge in [0.05, 0.1) is 18.2 Å². The largest absolute Gasteiger partial charge is 0.508 e. The fourth-order valence-corrected chi connectivity index (χ4v) is 6.81. The Kier molecular flexibility index (Phi) is 6.44. The molecule has 1 unspecified atom stereocenters. The number of fused-ring (bicyclic) bond motifs is 3. The summed E-state index contributed by atoms with van der Waals surface area (Å²) < 4.78 is 6.21. The van der Waals surface area contributed by atoms with Crippen molar-refractivity contribution in [1.82, 2.24) is 20.6 Å². The molecule has 1 aromatic carbocycles. The Morgan fingerprint density at radius 1 is 1.14 bits per heavy atom. The van der Waals surface area contributed by atoms with Crippen LogP contribution in [0.15, 0.2) is 18.2 Å². The number of aromatic hydroxyl groups is 1. The van der Waals surface area contributed by atoms with Crippen LogP contribution < -0.4 is 20.3 Å². The zero-order valence-electron chi connectivity index (χ0n) is 20.9. The lowest BCUT2D eigenvalue weighted by molar-refractivity contribution is 0.252. The number of benzene rings is 1. The number of phenolic OH excluding ortho intramolecular Hbond substituents is 1. The minimum Gasteiger partial charge on any atom is -0.508 e. The molecule has 4 aliphatic rings. The molecule has 2 aliphatic carbocycles. The van der Waals surface area contributed by atoms with Crippen LogP contribution in [0.2, 0.25) is 0 Å². The lowest BCUT2D eigenvalue weighted by atomic mass is 9.62. The average molecular weight is 489 g/mol. The Balaban J connectivity index is 1.35. The number of hydrogen-bond acceptors (Lipinski definition) is 8. The van der Waals surface area contributed by atoms with Gasteiger partial charge in [0.2, 0.25) is 0 Å². The first-order valence-electron chi connectivity index (χ1n) is 13.6. The van der Waals surface area contributed by atoms with Crippen molar-refractivity contribution >= 4 is 5.82 Å². The fraction of sp³-hybridized carbons (Fsp3) is 0.607. The van der Waals surface area contributed by atoms with Crippen LogP contribution in [0.3, 0.4) is 0 Å². The molecule has 190 valence electrons. The Morgan fingerprint density at radius 3 is 2.92 bits per heavy atom. The first-order chi connectivity index (χ1) is 17.6. The normalized spacial score (nSPS) is 27.4. The average Bonchev–Trinajstić information content (AvgIpc) is 3.42. The summed E-state index contributed by atoms with van der Waals surface area (Å²) in [6.45, 7) is 4.09. The van der Waals surface area contributed by atoms with Crippen LogP contribution >= 0.6 is 0 Å². The quantitative estimate of drug-likeness (QED) is 0.590. The van der Waals surface area contributed by atoms with Crippen molar-refractivity contribution < 1.29 is 9.84 Å². The minimum absolute atomic E-state index is 0.00201. The number of nitrogens with one attached hydrogen (secondary N) is 2. The maximum atomic E-state index is 10.3. The van der Waals surface area contributed by atoms with E-state index in [0.29, 0.717) is 30.8 Å². The maximum absolute atomic E-state index is 10.3. The molecule has 0 saturated carbocycles. The van der Waals surface area contributed by atoms with Crippen molar-refractivity contribution in [3.05, 3.63) is 40.6 Å². The standard InChI is InChI=1S/C28H36N6O2/c29-11-8-20-17-34(14-13-31-20)26-23-7-10-28(9-1-3-19-5-6-22(35)15-24(19)28)16-25(23)32-27(33-26)36-18-21-4-2-12-30-21/h5-6,15,20-21,30-31,35H,1-4,7-10,12-14,16-18H2/t20-,21-,28?/m0/s1. The SMILES string of the molecule is N#CC[C@H]1CN(c2nc(OC[C@@H]3CCCN3)nc3c2CCC2(CCCc4ccc(O)cc42)C3)CCN1. The van der Waals surface area contributed by atoms with Crippen LogP contribution in [0.4, 0.5) is 5.82 Å². The van der Waals surface area contributed by atoms with Crippen LogP contribution in [0.25, 0.3) is 0 Å². The summed E-state index contributed by atoms with van der Waals surface area (Å²) in [6.07, 6.45) is 8.93. The van der Waals surface area contributed by atoms with Gasteiger partial charge in [-0.3, -0.25) is 0 Å². The molecule has 2 fully saturated rings. The smallest absolute Gasteiger partial charge is 0.318 e. The third-order valence-corrected chi connectivity index (χ3v) is 8.64. The van der Waals surface area contributed by atoms with Crippen LogP contribution in [-0.4, -0.2) is 59.9 Å². The first-order valence-corrected chi connectivity index (χ1v) is 13.6. The van der Waals surface area contributed by atoms with E-state index >= 15 is 0 Å². The van der Waals surface area contributed by atoms with Crippen molar-refractivity contribution in [2.45, 2.75) is 75.3 Å². The Morgan fingerprint density at radius 2 is 2.06 bits per heavy atom. The van der Waals surface area contributed by atoms with Crippen LogP contribution in [0, 0.1) is 11.3 Å². The van der Waals surface area contributed by atoms with Crippen LogP contribution in [0.5, 0.6) is 11.8 Å². The van der Waals surface area contributed by atoms with Gasteiger partial charge in [0.25, 0.3) is 0 Å². The molecule has 2 aliphatic heterocycles. The molecule has 0 bridgehead atoms. The van der Waals surface area contributed by atoms with Crippen molar-refractivity contribution in [2.75, 3.05) is 37.7 Å². The van der Waals surface area contributed by atoms with Gasteiger partial charge >= 0.3 is 6.01 Å². The highest BCUT2D eigenvalue weighted by atomic mass is 16.5. The minimum atomic E-state index is 0.00201. The van der Waals surface area contributed by atoms with E-state index in [1.807, 2.05) is 12.1 Å². The number of piperazine rings is 1. The molecule has 2 saturated heterocycles. The van der Waals surface area contributed by atoms with E-state index in [4.69, 9.17) is 14.7 Å². The van der Waals surface area contributed by atoms with Gasteiger partial charge in [-0.25, -0.2) is 0 Å². The van der Waals surface area contributed by atoms with E-state index in [9.17, 15) is 10.4 Å². The predicted octanol–water partition coefficient (Wildman–Crippen LogP) is 2.77. The van der Waals surface area contributed by atoms with E-state index in [1.54, 1.807) is 0 Å². The summed E-state index contributed by atoms with van der Waals surface area (Å²) in [7, 11) is 0. The van der Waals surface area contributed by atoms with E-state index in [-0.39, 0.29) is 11.5 Å². The monoisotopic (exact) mass is 488 g/mol. The third-order valence-electron chi connectivity index (χ3n) is 8.64.